The van der Waals surface area contributed by atoms with Crippen molar-refractivity contribution in [2.45, 2.75) is 36.0 Å². The number of hydrogen-bond donors (Lipinski definition) is 2. The van der Waals surface area contributed by atoms with Gasteiger partial charge in [0, 0.05) is 55.4 Å². The molecule has 14 heteroatoms. The number of amides is 3. The third-order valence-electron chi connectivity index (χ3n) is 7.36. The largest absolute Gasteiger partial charge is 0.497 e. The number of non-ortho nitro benzene ring substituents is 1. The second-order valence-electron chi connectivity index (χ2n) is 10.1. The first-order valence-electron chi connectivity index (χ1n) is 13.5. The number of ether oxygens (including phenoxy) is 3. The van der Waals surface area contributed by atoms with Crippen LogP contribution < -0.4 is 15.8 Å². The number of thioether (sulfide) groups is 1. The molecule has 2 aliphatic rings. The van der Waals surface area contributed by atoms with E-state index >= 15 is 0 Å². The van der Waals surface area contributed by atoms with Crippen molar-refractivity contribution in [2.75, 3.05) is 46.4 Å². The number of nitro benzene ring substituents is 1. The van der Waals surface area contributed by atoms with Crippen LogP contribution in [0.3, 0.4) is 0 Å². The second-order valence-corrected chi connectivity index (χ2v) is 11.6. The normalized spacial score (nSPS) is 20.2. The zero-order chi connectivity index (χ0) is 30.1. The summed E-state index contributed by atoms with van der Waals surface area (Å²) >= 11 is 1.59. The molecule has 0 radical (unpaired) electrons. The van der Waals surface area contributed by atoms with Gasteiger partial charge in [-0.3, -0.25) is 19.8 Å². The number of benzene rings is 2. The van der Waals surface area contributed by atoms with Gasteiger partial charge in [0.1, 0.15) is 18.4 Å². The average molecular weight is 602 g/mol. The predicted molar refractivity (Wildman–Crippen MR) is 155 cm³/mol. The number of methoxy groups -OCH3 is 1. The molecule has 0 aromatic heterocycles. The Hall–Kier alpha value is -4.04. The number of primary amides is 1. The molecular formula is C28H35N5O8S. The molecule has 2 atom stereocenters. The molecule has 0 aliphatic carbocycles. The maximum absolute atomic E-state index is 13.8. The monoisotopic (exact) mass is 601 g/mol. The number of likely N-dealkylation sites (tertiary alicyclic amines) is 1. The van der Waals surface area contributed by atoms with Crippen LogP contribution in [0.1, 0.15) is 24.0 Å². The second kappa shape index (κ2) is 14.2. The van der Waals surface area contributed by atoms with Gasteiger partial charge in [0.05, 0.1) is 18.6 Å². The van der Waals surface area contributed by atoms with Crippen molar-refractivity contribution < 1.29 is 33.5 Å². The molecule has 2 saturated heterocycles. The molecular weight excluding hydrogens is 566 g/mol. The van der Waals surface area contributed by atoms with Crippen LogP contribution in [0.4, 0.5) is 15.3 Å². The maximum Gasteiger partial charge on any atom is 0.410 e. The molecule has 13 nitrogen and oxygen atoms in total. The Balaban J connectivity index is 1.54. The Bertz CT molecular complexity index is 1260. The van der Waals surface area contributed by atoms with Gasteiger partial charge in [0.2, 0.25) is 5.91 Å². The topological polar surface area (TPSA) is 167 Å². The van der Waals surface area contributed by atoms with Crippen LogP contribution in [0.25, 0.3) is 0 Å². The van der Waals surface area contributed by atoms with Gasteiger partial charge in [-0.05, 0) is 48.2 Å². The van der Waals surface area contributed by atoms with E-state index in [0.717, 1.165) is 11.3 Å². The first-order valence-corrected chi connectivity index (χ1v) is 14.5. The highest BCUT2D eigenvalue weighted by Crippen LogP contribution is 2.44. The summed E-state index contributed by atoms with van der Waals surface area (Å²) in [4.78, 5) is 52.3. The molecule has 226 valence electrons. The number of nitro groups is 1. The van der Waals surface area contributed by atoms with Crippen LogP contribution >= 0.6 is 11.8 Å². The van der Waals surface area contributed by atoms with E-state index in [1.807, 2.05) is 24.3 Å². The van der Waals surface area contributed by atoms with E-state index in [1.54, 1.807) is 23.8 Å². The van der Waals surface area contributed by atoms with Gasteiger partial charge < -0.3 is 30.2 Å². The van der Waals surface area contributed by atoms with Gasteiger partial charge in [0.25, 0.3) is 5.69 Å². The molecule has 2 aromatic carbocycles. The smallest absolute Gasteiger partial charge is 0.410 e. The number of carbonyl (C=O) groups excluding carboxylic acids is 3. The number of hydrogen-bond acceptors (Lipinski definition) is 10. The lowest BCUT2D eigenvalue weighted by Gasteiger charge is -2.32. The number of piperazine rings is 1. The van der Waals surface area contributed by atoms with Crippen LogP contribution in [-0.2, 0) is 26.6 Å². The quantitative estimate of drug-likeness (QED) is 0.289. The van der Waals surface area contributed by atoms with Gasteiger partial charge in [-0.2, -0.15) is 0 Å². The standard InChI is InChI=1S/C28H35N5O8S/c1-39-23-8-4-21(5-9-23)18-42-28(10-15-40-26(29)35)16-24(25(34)31-13-11-30-12-14-31)32(19-28)27(36)41-17-20-2-6-22(7-3-20)33(37)38/h2-9,24,30H,10-19H2,1H3,(H2,29,35). The highest BCUT2D eigenvalue weighted by molar-refractivity contribution is 7.99. The molecule has 42 heavy (non-hydrogen) atoms. The van der Waals surface area contributed by atoms with E-state index in [1.165, 1.54) is 29.2 Å². The summed E-state index contributed by atoms with van der Waals surface area (Å²) in [6.45, 7) is 2.48. The third-order valence-corrected chi connectivity index (χ3v) is 8.95. The molecule has 2 heterocycles. The lowest BCUT2D eigenvalue weighted by Crippen LogP contribution is -2.53. The fraction of sp³-hybridized carbons (Fsp3) is 0.464. The first-order chi connectivity index (χ1) is 20.2. The van der Waals surface area contributed by atoms with Crippen LogP contribution in [0, 0.1) is 10.1 Å². The van der Waals surface area contributed by atoms with E-state index in [9.17, 15) is 24.5 Å². The SMILES string of the molecule is COc1ccc(CSC2(CCOC(N)=O)CC(C(=O)N3CCNCC3)N(C(=O)OCc3ccc([N+](=O)[O-])cc3)C2)cc1. The lowest BCUT2D eigenvalue weighted by atomic mass is 10.00. The van der Waals surface area contributed by atoms with Gasteiger partial charge in [-0.25, -0.2) is 9.59 Å². The summed E-state index contributed by atoms with van der Waals surface area (Å²) in [6, 6.07) is 12.6. The van der Waals surface area contributed by atoms with Crippen molar-refractivity contribution in [2.24, 2.45) is 5.73 Å². The fourth-order valence-electron chi connectivity index (χ4n) is 5.05. The van der Waals surface area contributed by atoms with Crippen molar-refractivity contribution in [1.29, 1.82) is 0 Å². The number of carbonyl (C=O) groups is 3. The summed E-state index contributed by atoms with van der Waals surface area (Å²) < 4.78 is 15.3. The highest BCUT2D eigenvalue weighted by atomic mass is 32.2. The number of nitrogens with one attached hydrogen (secondary N) is 1. The Kier molecular flexibility index (Phi) is 10.5. The zero-order valence-electron chi connectivity index (χ0n) is 23.4. The minimum Gasteiger partial charge on any atom is -0.497 e. The van der Waals surface area contributed by atoms with Crippen LogP contribution in [0.2, 0.25) is 0 Å². The highest BCUT2D eigenvalue weighted by Gasteiger charge is 2.50. The van der Waals surface area contributed by atoms with Gasteiger partial charge >= 0.3 is 12.2 Å². The molecule has 3 N–H and O–H groups in total. The number of nitrogens with zero attached hydrogens (tertiary/aromatic N) is 3. The van der Waals surface area contributed by atoms with Gasteiger partial charge in [0.15, 0.2) is 0 Å². The van der Waals surface area contributed by atoms with Crippen molar-refractivity contribution in [3.8, 4) is 5.75 Å². The number of rotatable bonds is 11. The van der Waals surface area contributed by atoms with Gasteiger partial charge in [-0.1, -0.05) is 12.1 Å². The molecule has 2 fully saturated rings. The van der Waals surface area contributed by atoms with Crippen molar-refractivity contribution in [3.63, 3.8) is 0 Å². The maximum atomic E-state index is 13.8. The first kappa shape index (κ1) is 30.9. The van der Waals surface area contributed by atoms with Crippen LogP contribution in [0.15, 0.2) is 48.5 Å². The average Bonchev–Trinajstić information content (AvgIpc) is 3.39. The Labute approximate surface area is 247 Å². The van der Waals surface area contributed by atoms with E-state index in [-0.39, 0.29) is 31.4 Å². The van der Waals surface area contributed by atoms with Crippen molar-refractivity contribution in [1.82, 2.24) is 15.1 Å². The summed E-state index contributed by atoms with van der Waals surface area (Å²) in [5.41, 5.74) is 6.75. The molecule has 4 rings (SSSR count). The Morgan fingerprint density at radius 3 is 2.36 bits per heavy atom. The molecule has 0 bridgehead atoms. The van der Waals surface area contributed by atoms with E-state index in [4.69, 9.17) is 19.9 Å². The fourth-order valence-corrected chi connectivity index (χ4v) is 6.45. The predicted octanol–water partition coefficient (Wildman–Crippen LogP) is 2.90. The Morgan fingerprint density at radius 1 is 1.07 bits per heavy atom. The molecule has 0 saturated carbocycles. The number of nitrogens with two attached hydrogens (primary N) is 1. The Morgan fingerprint density at radius 2 is 1.74 bits per heavy atom. The van der Waals surface area contributed by atoms with E-state index in [0.29, 0.717) is 50.3 Å². The van der Waals surface area contributed by atoms with E-state index in [2.05, 4.69) is 5.32 Å². The minimum absolute atomic E-state index is 0.0329. The van der Waals surface area contributed by atoms with Crippen molar-refractivity contribution >= 4 is 35.5 Å². The van der Waals surface area contributed by atoms with Crippen molar-refractivity contribution in [3.05, 3.63) is 69.8 Å². The van der Waals surface area contributed by atoms with Crippen LogP contribution in [0.5, 0.6) is 5.75 Å². The summed E-state index contributed by atoms with van der Waals surface area (Å²) in [7, 11) is 1.60. The zero-order valence-corrected chi connectivity index (χ0v) is 24.2. The van der Waals surface area contributed by atoms with Crippen LogP contribution in [-0.4, -0.2) is 90.0 Å². The molecule has 2 unspecified atom stereocenters. The summed E-state index contributed by atoms with van der Waals surface area (Å²) in [5.74, 6) is 1.16. The summed E-state index contributed by atoms with van der Waals surface area (Å²) in [6.07, 6.45) is -0.847. The van der Waals surface area contributed by atoms with E-state index < -0.39 is 27.9 Å². The third kappa shape index (κ3) is 8.03. The molecule has 0 spiro atoms. The molecule has 3 amide bonds. The minimum atomic E-state index is -0.892. The molecule has 2 aromatic rings. The molecule has 2 aliphatic heterocycles. The summed E-state index contributed by atoms with van der Waals surface area (Å²) in [5, 5.41) is 14.2. The lowest BCUT2D eigenvalue weighted by molar-refractivity contribution is -0.384. The van der Waals surface area contributed by atoms with Gasteiger partial charge in [-0.15, -0.1) is 11.8 Å².